The number of hydrogen-bond donors (Lipinski definition) is 2. The molecule has 110 valence electrons. The number of nitrogens with zero attached hydrogens (tertiary/aromatic N) is 3. The number of hydrogen-bond acceptors (Lipinski definition) is 5. The number of benzene rings is 1. The molecule has 0 saturated carbocycles. The zero-order chi connectivity index (χ0) is 15.0. The standard InChI is InChI=1S/C14H17N5O2/c1-18(6-9-5-16-19(2)7-9)12-4-11-13(3-10(12)15)21-8-14(20)17-11/h3-5,7H,6,8,15H2,1-2H3,(H,17,20). The first-order valence-corrected chi connectivity index (χ1v) is 6.58. The van der Waals surface area contributed by atoms with Gasteiger partial charge in [-0.1, -0.05) is 0 Å². The highest BCUT2D eigenvalue weighted by Crippen LogP contribution is 2.36. The monoisotopic (exact) mass is 287 g/mol. The molecule has 1 aliphatic rings. The predicted molar refractivity (Wildman–Crippen MR) is 80.3 cm³/mol. The molecule has 21 heavy (non-hydrogen) atoms. The number of carbonyl (C=O) groups is 1. The Bertz CT molecular complexity index is 695. The smallest absolute Gasteiger partial charge is 0.262 e. The maximum atomic E-state index is 11.4. The Hall–Kier alpha value is -2.70. The topological polar surface area (TPSA) is 85.4 Å². The van der Waals surface area contributed by atoms with Gasteiger partial charge in [0.1, 0.15) is 5.75 Å². The lowest BCUT2D eigenvalue weighted by Crippen LogP contribution is -2.26. The predicted octanol–water partition coefficient (Wildman–Crippen LogP) is 0.970. The molecular weight excluding hydrogens is 270 g/mol. The Labute approximate surface area is 122 Å². The summed E-state index contributed by atoms with van der Waals surface area (Å²) in [6.07, 6.45) is 3.77. The lowest BCUT2D eigenvalue weighted by molar-refractivity contribution is -0.118. The van der Waals surface area contributed by atoms with Crippen LogP contribution in [-0.4, -0.2) is 29.3 Å². The molecule has 1 aliphatic heterocycles. The Balaban J connectivity index is 1.87. The molecule has 0 radical (unpaired) electrons. The number of anilines is 3. The van der Waals surface area contributed by atoms with Gasteiger partial charge in [-0.05, 0) is 6.07 Å². The summed E-state index contributed by atoms with van der Waals surface area (Å²) in [5.41, 5.74) is 9.26. The van der Waals surface area contributed by atoms with E-state index in [-0.39, 0.29) is 12.5 Å². The fourth-order valence-corrected chi connectivity index (χ4v) is 2.37. The summed E-state index contributed by atoms with van der Waals surface area (Å²) in [5, 5.41) is 6.94. The minimum atomic E-state index is -0.159. The van der Waals surface area contributed by atoms with E-state index < -0.39 is 0 Å². The van der Waals surface area contributed by atoms with Crippen molar-refractivity contribution in [2.24, 2.45) is 7.05 Å². The van der Waals surface area contributed by atoms with E-state index in [1.54, 1.807) is 10.7 Å². The van der Waals surface area contributed by atoms with Crippen LogP contribution in [0.5, 0.6) is 5.75 Å². The molecule has 7 heteroatoms. The van der Waals surface area contributed by atoms with Crippen molar-refractivity contribution in [2.45, 2.75) is 6.54 Å². The zero-order valence-corrected chi connectivity index (χ0v) is 12.0. The summed E-state index contributed by atoms with van der Waals surface area (Å²) in [6.45, 7) is 0.697. The minimum Gasteiger partial charge on any atom is -0.482 e. The summed E-state index contributed by atoms with van der Waals surface area (Å²) < 4.78 is 7.11. The number of nitrogens with one attached hydrogen (secondary N) is 1. The van der Waals surface area contributed by atoms with Crippen molar-refractivity contribution in [3.8, 4) is 5.75 Å². The van der Waals surface area contributed by atoms with Crippen molar-refractivity contribution < 1.29 is 9.53 Å². The number of rotatable bonds is 3. The Morgan fingerprint density at radius 3 is 3.05 bits per heavy atom. The average molecular weight is 287 g/mol. The highest BCUT2D eigenvalue weighted by Gasteiger charge is 2.19. The van der Waals surface area contributed by atoms with Gasteiger partial charge in [-0.25, -0.2) is 0 Å². The summed E-state index contributed by atoms with van der Waals surface area (Å²) in [6, 6.07) is 3.57. The van der Waals surface area contributed by atoms with Gasteiger partial charge in [0.15, 0.2) is 6.61 Å². The van der Waals surface area contributed by atoms with Gasteiger partial charge in [-0.3, -0.25) is 9.48 Å². The molecule has 7 nitrogen and oxygen atoms in total. The molecule has 1 aromatic heterocycles. The molecule has 3 rings (SSSR count). The first-order chi connectivity index (χ1) is 10.0. The third kappa shape index (κ3) is 2.62. The van der Waals surface area contributed by atoms with Crippen LogP contribution in [0, 0.1) is 0 Å². The summed E-state index contributed by atoms with van der Waals surface area (Å²) in [4.78, 5) is 13.4. The van der Waals surface area contributed by atoms with Gasteiger partial charge in [-0.2, -0.15) is 5.10 Å². The zero-order valence-electron chi connectivity index (χ0n) is 12.0. The molecule has 0 fully saturated rings. The Kier molecular flexibility index (Phi) is 3.17. The number of ether oxygens (including phenoxy) is 1. The van der Waals surface area contributed by atoms with Crippen LogP contribution in [0.25, 0.3) is 0 Å². The fourth-order valence-electron chi connectivity index (χ4n) is 2.37. The second-order valence-corrected chi connectivity index (χ2v) is 5.12. The summed E-state index contributed by atoms with van der Waals surface area (Å²) in [5.74, 6) is 0.443. The van der Waals surface area contributed by atoms with Crippen molar-refractivity contribution in [3.63, 3.8) is 0 Å². The third-order valence-electron chi connectivity index (χ3n) is 3.35. The molecule has 3 N–H and O–H groups in total. The number of aromatic nitrogens is 2. The molecule has 0 aliphatic carbocycles. The van der Waals surface area contributed by atoms with E-state index >= 15 is 0 Å². The van der Waals surface area contributed by atoms with E-state index in [0.29, 0.717) is 23.7 Å². The summed E-state index contributed by atoms with van der Waals surface area (Å²) in [7, 11) is 3.82. The van der Waals surface area contributed by atoms with Gasteiger partial charge in [0, 0.05) is 38.5 Å². The van der Waals surface area contributed by atoms with E-state index in [1.807, 2.05) is 37.5 Å². The number of fused-ring (bicyclic) bond motifs is 1. The minimum absolute atomic E-state index is 0.0251. The molecule has 1 aromatic carbocycles. The van der Waals surface area contributed by atoms with Crippen molar-refractivity contribution in [3.05, 3.63) is 30.1 Å². The molecule has 0 atom stereocenters. The molecular formula is C14H17N5O2. The molecule has 2 heterocycles. The summed E-state index contributed by atoms with van der Waals surface area (Å²) >= 11 is 0. The molecule has 0 unspecified atom stereocenters. The van der Waals surface area contributed by atoms with Crippen LogP contribution < -0.4 is 20.7 Å². The molecule has 1 amide bonds. The van der Waals surface area contributed by atoms with Gasteiger partial charge in [-0.15, -0.1) is 0 Å². The van der Waals surface area contributed by atoms with Gasteiger partial charge in [0.2, 0.25) is 0 Å². The van der Waals surface area contributed by atoms with Crippen molar-refractivity contribution in [1.29, 1.82) is 0 Å². The van der Waals surface area contributed by atoms with E-state index in [1.165, 1.54) is 0 Å². The van der Waals surface area contributed by atoms with E-state index in [4.69, 9.17) is 10.5 Å². The first kappa shape index (κ1) is 13.3. The van der Waals surface area contributed by atoms with E-state index in [2.05, 4.69) is 10.4 Å². The normalized spacial score (nSPS) is 13.3. The van der Waals surface area contributed by atoms with Gasteiger partial charge >= 0.3 is 0 Å². The van der Waals surface area contributed by atoms with Crippen LogP contribution in [0.3, 0.4) is 0 Å². The SMILES string of the molecule is CN(Cc1cnn(C)c1)c1cc2c(cc1N)OCC(=O)N2. The maximum Gasteiger partial charge on any atom is 0.262 e. The molecule has 0 saturated heterocycles. The van der Waals surface area contributed by atoms with Gasteiger partial charge < -0.3 is 20.7 Å². The molecule has 0 spiro atoms. The Morgan fingerprint density at radius 1 is 1.52 bits per heavy atom. The molecule has 2 aromatic rings. The highest BCUT2D eigenvalue weighted by atomic mass is 16.5. The van der Waals surface area contributed by atoms with Crippen molar-refractivity contribution in [1.82, 2.24) is 9.78 Å². The second-order valence-electron chi connectivity index (χ2n) is 5.12. The van der Waals surface area contributed by atoms with Gasteiger partial charge in [0.25, 0.3) is 5.91 Å². The number of carbonyl (C=O) groups excluding carboxylic acids is 1. The lowest BCUT2D eigenvalue weighted by atomic mass is 10.2. The van der Waals surface area contributed by atoms with Crippen molar-refractivity contribution >= 4 is 23.0 Å². The van der Waals surface area contributed by atoms with Crippen LogP contribution in [-0.2, 0) is 18.4 Å². The average Bonchev–Trinajstić information content (AvgIpc) is 2.83. The lowest BCUT2D eigenvalue weighted by Gasteiger charge is -2.24. The largest absolute Gasteiger partial charge is 0.482 e. The maximum absolute atomic E-state index is 11.4. The second kappa shape index (κ2) is 5.01. The quantitative estimate of drug-likeness (QED) is 0.822. The number of nitrogens with two attached hydrogens (primary N) is 1. The van der Waals surface area contributed by atoms with Crippen molar-refractivity contribution in [2.75, 3.05) is 29.6 Å². The number of aryl methyl sites for hydroxylation is 1. The van der Waals surface area contributed by atoms with Crippen LogP contribution in [0.2, 0.25) is 0 Å². The highest BCUT2D eigenvalue weighted by molar-refractivity contribution is 5.97. The first-order valence-electron chi connectivity index (χ1n) is 6.58. The number of nitrogen functional groups attached to an aromatic ring is 1. The van der Waals surface area contributed by atoms with Crippen LogP contribution in [0.15, 0.2) is 24.5 Å². The third-order valence-corrected chi connectivity index (χ3v) is 3.35. The van der Waals surface area contributed by atoms with Crippen LogP contribution in [0.4, 0.5) is 17.1 Å². The molecule has 0 bridgehead atoms. The van der Waals surface area contributed by atoms with E-state index in [0.717, 1.165) is 11.3 Å². The Morgan fingerprint density at radius 2 is 2.33 bits per heavy atom. The van der Waals surface area contributed by atoms with Gasteiger partial charge in [0.05, 0.1) is 23.3 Å². The number of amides is 1. The van der Waals surface area contributed by atoms with E-state index in [9.17, 15) is 4.79 Å². The fraction of sp³-hybridized carbons (Fsp3) is 0.286. The van der Waals surface area contributed by atoms with Crippen LogP contribution in [0.1, 0.15) is 5.56 Å². The van der Waals surface area contributed by atoms with Crippen LogP contribution >= 0.6 is 0 Å².